The SMILES string of the molecule is CNC(=O)C(C)N(Cc1ccc(F)cc1)C(=O)CN(c1ccc(OC)c(Cl)c1)S(=O)(=O)c1ccccc1. The third-order valence-electron chi connectivity index (χ3n) is 5.71. The lowest BCUT2D eigenvalue weighted by Crippen LogP contribution is -2.50. The van der Waals surface area contributed by atoms with Crippen LogP contribution >= 0.6 is 11.6 Å². The first-order valence-electron chi connectivity index (χ1n) is 11.2. The van der Waals surface area contributed by atoms with Gasteiger partial charge in [-0.15, -0.1) is 0 Å². The van der Waals surface area contributed by atoms with Crippen molar-refractivity contribution in [3.63, 3.8) is 0 Å². The summed E-state index contributed by atoms with van der Waals surface area (Å²) in [6, 6.07) is 16.6. The van der Waals surface area contributed by atoms with Crippen molar-refractivity contribution >= 4 is 39.1 Å². The molecular formula is C26H27ClFN3O5S. The van der Waals surface area contributed by atoms with Crippen LogP contribution in [0, 0.1) is 5.82 Å². The van der Waals surface area contributed by atoms with E-state index in [0.717, 1.165) is 4.31 Å². The second-order valence-corrected chi connectivity index (χ2v) is 10.4. The van der Waals surface area contributed by atoms with Crippen LogP contribution in [0.2, 0.25) is 5.02 Å². The first-order chi connectivity index (χ1) is 17.6. The summed E-state index contributed by atoms with van der Waals surface area (Å²) in [6.45, 7) is 0.860. The van der Waals surface area contributed by atoms with Gasteiger partial charge in [-0.3, -0.25) is 13.9 Å². The Labute approximate surface area is 220 Å². The summed E-state index contributed by atoms with van der Waals surface area (Å²) < 4.78 is 46.9. The summed E-state index contributed by atoms with van der Waals surface area (Å²) >= 11 is 6.27. The smallest absolute Gasteiger partial charge is 0.264 e. The number of nitrogens with one attached hydrogen (secondary N) is 1. The molecule has 0 saturated carbocycles. The number of hydrogen-bond donors (Lipinski definition) is 1. The third-order valence-corrected chi connectivity index (χ3v) is 7.80. The molecule has 37 heavy (non-hydrogen) atoms. The highest BCUT2D eigenvalue weighted by Crippen LogP contribution is 2.32. The van der Waals surface area contributed by atoms with Crippen LogP contribution in [-0.2, 0) is 26.2 Å². The summed E-state index contributed by atoms with van der Waals surface area (Å²) in [7, 11) is -1.35. The average Bonchev–Trinajstić information content (AvgIpc) is 2.90. The lowest BCUT2D eigenvalue weighted by atomic mass is 10.1. The molecule has 0 fully saturated rings. The van der Waals surface area contributed by atoms with E-state index in [1.807, 2.05) is 0 Å². The summed E-state index contributed by atoms with van der Waals surface area (Å²) in [5.74, 6) is -1.20. The van der Waals surface area contributed by atoms with Gasteiger partial charge in [0, 0.05) is 13.6 Å². The number of ether oxygens (including phenoxy) is 1. The van der Waals surface area contributed by atoms with Crippen molar-refractivity contribution in [2.75, 3.05) is 25.0 Å². The molecule has 1 unspecified atom stereocenters. The Kier molecular flexibility index (Phi) is 9.12. The van der Waals surface area contributed by atoms with Crippen LogP contribution in [0.5, 0.6) is 5.75 Å². The molecule has 0 bridgehead atoms. The highest BCUT2D eigenvalue weighted by Gasteiger charge is 2.32. The molecule has 0 aromatic heterocycles. The molecule has 3 rings (SSSR count). The lowest BCUT2D eigenvalue weighted by Gasteiger charge is -2.32. The molecule has 0 aliphatic carbocycles. The first-order valence-corrected chi connectivity index (χ1v) is 13.1. The number of carbonyl (C=O) groups is 2. The van der Waals surface area contributed by atoms with Gasteiger partial charge in [-0.2, -0.15) is 0 Å². The zero-order chi connectivity index (χ0) is 27.2. The van der Waals surface area contributed by atoms with Crippen LogP contribution in [0.3, 0.4) is 0 Å². The molecule has 0 aliphatic heterocycles. The van der Waals surface area contributed by atoms with Gasteiger partial charge >= 0.3 is 0 Å². The molecular weight excluding hydrogens is 521 g/mol. The number of carbonyl (C=O) groups excluding carboxylic acids is 2. The van der Waals surface area contributed by atoms with Gasteiger partial charge in [-0.05, 0) is 55.0 Å². The van der Waals surface area contributed by atoms with E-state index in [2.05, 4.69) is 5.32 Å². The third kappa shape index (κ3) is 6.58. The summed E-state index contributed by atoms with van der Waals surface area (Å²) in [5, 5.41) is 2.66. The fourth-order valence-electron chi connectivity index (χ4n) is 3.64. The van der Waals surface area contributed by atoms with Crippen molar-refractivity contribution in [2.45, 2.75) is 24.4 Å². The maximum absolute atomic E-state index is 13.7. The molecule has 196 valence electrons. The standard InChI is InChI=1S/C26H27ClFN3O5S/c1-18(26(33)29-2)30(16-19-9-11-20(28)12-10-19)25(32)17-31(21-13-14-24(36-3)23(27)15-21)37(34,35)22-7-5-4-6-8-22/h4-15,18H,16-17H2,1-3H3,(H,29,33). The molecule has 0 aliphatic rings. The van der Waals surface area contributed by atoms with E-state index in [9.17, 15) is 22.4 Å². The van der Waals surface area contributed by atoms with Crippen molar-refractivity contribution in [2.24, 2.45) is 0 Å². The molecule has 3 aromatic carbocycles. The number of nitrogens with zero attached hydrogens (tertiary/aromatic N) is 2. The van der Waals surface area contributed by atoms with Crippen LogP contribution in [0.4, 0.5) is 10.1 Å². The van der Waals surface area contributed by atoms with Gasteiger partial charge in [0.15, 0.2) is 0 Å². The predicted molar refractivity (Wildman–Crippen MR) is 139 cm³/mol. The number of benzene rings is 3. The Morgan fingerprint density at radius 1 is 1.05 bits per heavy atom. The van der Waals surface area contributed by atoms with Gasteiger partial charge in [0.25, 0.3) is 10.0 Å². The minimum absolute atomic E-state index is 0.0285. The van der Waals surface area contributed by atoms with Gasteiger partial charge in [0.1, 0.15) is 24.2 Å². The second kappa shape index (κ2) is 12.1. The van der Waals surface area contributed by atoms with Crippen molar-refractivity contribution in [1.82, 2.24) is 10.2 Å². The van der Waals surface area contributed by atoms with Crippen LogP contribution in [0.25, 0.3) is 0 Å². The maximum Gasteiger partial charge on any atom is 0.264 e. The van der Waals surface area contributed by atoms with E-state index in [1.165, 1.54) is 80.6 Å². The van der Waals surface area contributed by atoms with Gasteiger partial charge < -0.3 is 15.0 Å². The van der Waals surface area contributed by atoms with E-state index in [-0.39, 0.29) is 22.2 Å². The highest BCUT2D eigenvalue weighted by molar-refractivity contribution is 7.92. The topological polar surface area (TPSA) is 96.0 Å². The number of sulfonamides is 1. The molecule has 3 aromatic rings. The van der Waals surface area contributed by atoms with Crippen LogP contribution in [0.1, 0.15) is 12.5 Å². The Bertz CT molecular complexity index is 1350. The largest absolute Gasteiger partial charge is 0.495 e. The van der Waals surface area contributed by atoms with Crippen molar-refractivity contribution in [1.29, 1.82) is 0 Å². The molecule has 1 N–H and O–H groups in total. The Morgan fingerprint density at radius 2 is 1.70 bits per heavy atom. The monoisotopic (exact) mass is 547 g/mol. The van der Waals surface area contributed by atoms with Crippen molar-refractivity contribution in [3.05, 3.63) is 89.2 Å². The Hall–Kier alpha value is -3.63. The van der Waals surface area contributed by atoms with Gasteiger partial charge in [-0.1, -0.05) is 41.9 Å². The summed E-state index contributed by atoms with van der Waals surface area (Å²) in [4.78, 5) is 27.3. The molecule has 0 spiro atoms. The van der Waals surface area contributed by atoms with Crippen LogP contribution in [0.15, 0.2) is 77.7 Å². The second-order valence-electron chi connectivity index (χ2n) is 8.08. The summed E-state index contributed by atoms with van der Waals surface area (Å²) in [6.07, 6.45) is 0. The zero-order valence-corrected chi connectivity index (χ0v) is 22.1. The molecule has 0 saturated heterocycles. The zero-order valence-electron chi connectivity index (χ0n) is 20.5. The number of methoxy groups -OCH3 is 1. The number of anilines is 1. The normalized spacial score (nSPS) is 11.9. The van der Waals surface area contributed by atoms with E-state index >= 15 is 0 Å². The van der Waals surface area contributed by atoms with Crippen molar-refractivity contribution in [3.8, 4) is 5.75 Å². The van der Waals surface area contributed by atoms with Gasteiger partial charge in [0.05, 0.1) is 22.7 Å². The number of amides is 2. The van der Waals surface area contributed by atoms with E-state index in [1.54, 1.807) is 18.2 Å². The fourth-order valence-corrected chi connectivity index (χ4v) is 5.32. The summed E-state index contributed by atoms with van der Waals surface area (Å²) in [5.41, 5.74) is 0.702. The first kappa shape index (κ1) is 27.9. The number of rotatable bonds is 10. The average molecular weight is 548 g/mol. The van der Waals surface area contributed by atoms with E-state index < -0.39 is 40.2 Å². The van der Waals surface area contributed by atoms with E-state index in [4.69, 9.17) is 16.3 Å². The number of hydrogen-bond acceptors (Lipinski definition) is 5. The highest BCUT2D eigenvalue weighted by atomic mass is 35.5. The minimum atomic E-state index is -4.21. The molecule has 2 amide bonds. The quantitative estimate of drug-likeness (QED) is 0.416. The number of likely N-dealkylation sites (N-methyl/N-ethyl adjacent to an activating group) is 1. The van der Waals surface area contributed by atoms with Crippen LogP contribution in [-0.4, -0.2) is 51.9 Å². The Morgan fingerprint density at radius 3 is 2.27 bits per heavy atom. The molecule has 0 radical (unpaired) electrons. The fraction of sp³-hybridized carbons (Fsp3) is 0.231. The number of halogens is 2. The predicted octanol–water partition coefficient (Wildman–Crippen LogP) is 3.85. The molecule has 1 atom stereocenters. The molecule has 11 heteroatoms. The van der Waals surface area contributed by atoms with Gasteiger partial charge in [0.2, 0.25) is 11.8 Å². The molecule has 8 nitrogen and oxygen atoms in total. The van der Waals surface area contributed by atoms with Crippen LogP contribution < -0.4 is 14.4 Å². The minimum Gasteiger partial charge on any atom is -0.495 e. The van der Waals surface area contributed by atoms with E-state index in [0.29, 0.717) is 11.3 Å². The van der Waals surface area contributed by atoms with Gasteiger partial charge in [-0.25, -0.2) is 12.8 Å². The molecule has 0 heterocycles. The Balaban J connectivity index is 2.05. The van der Waals surface area contributed by atoms with Crippen molar-refractivity contribution < 1.29 is 27.1 Å². The maximum atomic E-state index is 13.7. The lowest BCUT2D eigenvalue weighted by molar-refractivity contribution is -0.139.